The van der Waals surface area contributed by atoms with Gasteiger partial charge in [0, 0.05) is 0 Å². The molecule has 0 saturated heterocycles. The first-order chi connectivity index (χ1) is 7.28. The summed E-state index contributed by atoms with van der Waals surface area (Å²) in [5, 5.41) is 0. The van der Waals surface area contributed by atoms with Gasteiger partial charge in [-0.1, -0.05) is 49.6 Å². The predicted molar refractivity (Wildman–Crippen MR) is 75.6 cm³/mol. The molecule has 0 aliphatic rings. The molecule has 0 aromatic rings. The Balaban J connectivity index is 5.13. The Morgan fingerprint density at radius 1 is 1.25 bits per heavy atom. The lowest BCUT2D eigenvalue weighted by Gasteiger charge is -2.35. The number of allylic oxidation sites excluding steroid dienone is 5. The van der Waals surface area contributed by atoms with Gasteiger partial charge in [0.15, 0.2) is 0 Å². The van der Waals surface area contributed by atoms with E-state index in [9.17, 15) is 0 Å². The molecule has 1 unspecified atom stereocenters. The molecular weight excluding hydrogens is 192 g/mol. The Morgan fingerprint density at radius 3 is 2.12 bits per heavy atom. The van der Waals surface area contributed by atoms with Crippen molar-refractivity contribution >= 4 is 0 Å². The fourth-order valence-electron chi connectivity index (χ4n) is 2.00. The Labute approximate surface area is 102 Å². The maximum atomic E-state index is 3.81. The van der Waals surface area contributed by atoms with Crippen LogP contribution in [0, 0.1) is 11.3 Å². The van der Waals surface area contributed by atoms with Gasteiger partial charge in [0.2, 0.25) is 0 Å². The van der Waals surface area contributed by atoms with Crippen LogP contribution in [0.2, 0.25) is 0 Å². The molecule has 0 bridgehead atoms. The highest BCUT2D eigenvalue weighted by atomic mass is 14.3. The Bertz CT molecular complexity index is 300. The van der Waals surface area contributed by atoms with E-state index >= 15 is 0 Å². The predicted octanol–water partition coefficient (Wildman–Crippen LogP) is 5.53. The van der Waals surface area contributed by atoms with E-state index in [0.717, 1.165) is 6.42 Å². The van der Waals surface area contributed by atoms with E-state index in [1.807, 2.05) is 6.08 Å². The van der Waals surface area contributed by atoms with Crippen molar-refractivity contribution < 1.29 is 0 Å². The zero-order valence-electron chi connectivity index (χ0n) is 12.1. The second kappa shape index (κ2) is 6.08. The van der Waals surface area contributed by atoms with E-state index in [1.165, 1.54) is 16.7 Å². The molecule has 0 amide bonds. The van der Waals surface area contributed by atoms with Crippen molar-refractivity contribution in [2.24, 2.45) is 11.3 Å². The van der Waals surface area contributed by atoms with Crippen molar-refractivity contribution in [3.8, 4) is 0 Å². The molecule has 0 aliphatic carbocycles. The van der Waals surface area contributed by atoms with Crippen LogP contribution in [0.5, 0.6) is 0 Å². The fraction of sp³-hybridized carbons (Fsp3) is 0.625. The van der Waals surface area contributed by atoms with E-state index in [0.29, 0.717) is 5.92 Å². The highest BCUT2D eigenvalue weighted by Crippen LogP contribution is 2.39. The lowest BCUT2D eigenvalue weighted by Crippen LogP contribution is -2.24. The van der Waals surface area contributed by atoms with Gasteiger partial charge in [-0.15, -0.1) is 6.58 Å². The summed E-state index contributed by atoms with van der Waals surface area (Å²) in [5.41, 5.74) is 4.66. The monoisotopic (exact) mass is 220 g/mol. The van der Waals surface area contributed by atoms with Crippen LogP contribution in [0.3, 0.4) is 0 Å². The topological polar surface area (TPSA) is 0 Å². The Hall–Kier alpha value is -0.780. The lowest BCUT2D eigenvalue weighted by molar-refractivity contribution is 0.325. The summed E-state index contributed by atoms with van der Waals surface area (Å²) in [6.07, 6.45) is 5.22. The quantitative estimate of drug-likeness (QED) is 0.535. The number of hydrogen-bond acceptors (Lipinski definition) is 0. The Kier molecular flexibility index (Phi) is 5.78. The second-order valence-corrected chi connectivity index (χ2v) is 5.37. The third kappa shape index (κ3) is 3.37. The van der Waals surface area contributed by atoms with Crippen LogP contribution in [0.1, 0.15) is 54.9 Å². The summed E-state index contributed by atoms with van der Waals surface area (Å²) >= 11 is 0. The molecule has 92 valence electrons. The smallest absolute Gasteiger partial charge is 0.00848 e. The van der Waals surface area contributed by atoms with E-state index in [2.05, 4.69) is 61.1 Å². The molecule has 0 aliphatic heterocycles. The van der Waals surface area contributed by atoms with Crippen LogP contribution in [0.25, 0.3) is 0 Å². The van der Waals surface area contributed by atoms with Crippen LogP contribution < -0.4 is 0 Å². The highest BCUT2D eigenvalue weighted by molar-refractivity contribution is 5.22. The number of rotatable bonds is 5. The largest absolute Gasteiger partial charge is 0.103 e. The molecule has 1 atom stereocenters. The minimum Gasteiger partial charge on any atom is -0.103 e. The molecule has 0 heteroatoms. The van der Waals surface area contributed by atoms with E-state index in [4.69, 9.17) is 0 Å². The van der Waals surface area contributed by atoms with Crippen molar-refractivity contribution in [3.05, 3.63) is 35.5 Å². The zero-order chi connectivity index (χ0) is 12.9. The van der Waals surface area contributed by atoms with Gasteiger partial charge in [0.05, 0.1) is 0 Å². The average molecular weight is 220 g/mol. The van der Waals surface area contributed by atoms with Gasteiger partial charge in [-0.05, 0) is 45.4 Å². The maximum absolute atomic E-state index is 3.81. The van der Waals surface area contributed by atoms with Gasteiger partial charge < -0.3 is 0 Å². The first-order valence-corrected chi connectivity index (χ1v) is 6.19. The van der Waals surface area contributed by atoms with Gasteiger partial charge in [0.1, 0.15) is 0 Å². The highest BCUT2D eigenvalue weighted by Gasteiger charge is 2.28. The molecule has 0 heterocycles. The summed E-state index contributed by atoms with van der Waals surface area (Å²) in [7, 11) is 0. The van der Waals surface area contributed by atoms with Crippen LogP contribution in [0.4, 0.5) is 0 Å². The van der Waals surface area contributed by atoms with Crippen molar-refractivity contribution in [1.29, 1.82) is 0 Å². The van der Waals surface area contributed by atoms with Crippen LogP contribution >= 0.6 is 0 Å². The SMILES string of the molecule is C=CC/C(C)=C(\C)C(C)C(C)(C)/C(C)=C/C. The van der Waals surface area contributed by atoms with E-state index in [-0.39, 0.29) is 5.41 Å². The van der Waals surface area contributed by atoms with Crippen LogP contribution in [0.15, 0.2) is 35.5 Å². The molecule has 0 spiro atoms. The van der Waals surface area contributed by atoms with Gasteiger partial charge in [0.25, 0.3) is 0 Å². The summed E-state index contributed by atoms with van der Waals surface area (Å²) in [6, 6.07) is 0. The third-order valence-electron chi connectivity index (χ3n) is 4.31. The van der Waals surface area contributed by atoms with Crippen molar-refractivity contribution in [2.75, 3.05) is 0 Å². The lowest BCUT2D eigenvalue weighted by atomic mass is 9.70. The molecule has 0 nitrogen and oxygen atoms in total. The summed E-state index contributed by atoms with van der Waals surface area (Å²) in [5.74, 6) is 0.573. The third-order valence-corrected chi connectivity index (χ3v) is 4.31. The van der Waals surface area contributed by atoms with E-state index < -0.39 is 0 Å². The molecule has 0 fully saturated rings. The van der Waals surface area contributed by atoms with Crippen LogP contribution in [-0.2, 0) is 0 Å². The minimum absolute atomic E-state index is 0.237. The maximum Gasteiger partial charge on any atom is -0.00848 e. The Morgan fingerprint density at radius 2 is 1.75 bits per heavy atom. The summed E-state index contributed by atoms with van der Waals surface area (Å²) in [4.78, 5) is 0. The molecule has 0 radical (unpaired) electrons. The van der Waals surface area contributed by atoms with Gasteiger partial charge >= 0.3 is 0 Å². The fourth-order valence-corrected chi connectivity index (χ4v) is 2.00. The molecule has 0 aromatic heterocycles. The van der Waals surface area contributed by atoms with Gasteiger partial charge in [-0.2, -0.15) is 0 Å². The minimum atomic E-state index is 0.237. The standard InChI is InChI=1S/C16H28/c1-9-11-12(3)14(5)15(6)16(7,8)13(4)10-2/h9-10,15H,1,11H2,2-8H3/b13-10+,14-12+. The van der Waals surface area contributed by atoms with Crippen molar-refractivity contribution in [2.45, 2.75) is 54.9 Å². The van der Waals surface area contributed by atoms with Crippen molar-refractivity contribution in [3.63, 3.8) is 0 Å². The molecule has 0 rings (SSSR count). The average Bonchev–Trinajstić information content (AvgIpc) is 2.25. The first-order valence-electron chi connectivity index (χ1n) is 6.19. The molecular formula is C16H28. The van der Waals surface area contributed by atoms with Gasteiger partial charge in [-0.25, -0.2) is 0 Å². The summed E-state index contributed by atoms with van der Waals surface area (Å²) in [6.45, 7) is 19.6. The first kappa shape index (κ1) is 15.2. The molecule has 16 heavy (non-hydrogen) atoms. The normalized spacial score (nSPS) is 16.8. The molecule has 0 aromatic carbocycles. The molecule has 0 N–H and O–H groups in total. The number of hydrogen-bond donors (Lipinski definition) is 0. The second-order valence-electron chi connectivity index (χ2n) is 5.37. The van der Waals surface area contributed by atoms with Crippen LogP contribution in [-0.4, -0.2) is 0 Å². The zero-order valence-corrected chi connectivity index (χ0v) is 12.1. The van der Waals surface area contributed by atoms with Gasteiger partial charge in [-0.3, -0.25) is 0 Å². The van der Waals surface area contributed by atoms with Crippen molar-refractivity contribution in [1.82, 2.24) is 0 Å². The summed E-state index contributed by atoms with van der Waals surface area (Å²) < 4.78 is 0. The molecule has 0 saturated carbocycles. The van der Waals surface area contributed by atoms with E-state index in [1.54, 1.807) is 0 Å².